The number of hydrogen-bond donors (Lipinski definition) is 2. The van der Waals surface area contributed by atoms with Crippen molar-refractivity contribution in [1.82, 2.24) is 25.3 Å². The van der Waals surface area contributed by atoms with Crippen LogP contribution < -0.4 is 10.6 Å². The van der Waals surface area contributed by atoms with Crippen LogP contribution >= 0.6 is 0 Å². The molecule has 2 N–H and O–H groups in total. The van der Waals surface area contributed by atoms with Crippen molar-refractivity contribution < 1.29 is 28.8 Å². The molecule has 11 heteroatoms. The summed E-state index contributed by atoms with van der Waals surface area (Å²) < 4.78 is 0. The van der Waals surface area contributed by atoms with Gasteiger partial charge in [0.2, 0.25) is 35.4 Å². The van der Waals surface area contributed by atoms with Gasteiger partial charge in [0.1, 0.15) is 0 Å². The number of imide groups is 3. The van der Waals surface area contributed by atoms with Crippen LogP contribution in [0.5, 0.6) is 0 Å². The lowest BCUT2D eigenvalue weighted by molar-refractivity contribution is -0.146. The molecule has 0 aliphatic carbocycles. The van der Waals surface area contributed by atoms with E-state index in [0.717, 1.165) is 11.1 Å². The van der Waals surface area contributed by atoms with E-state index in [-0.39, 0.29) is 95.4 Å². The van der Waals surface area contributed by atoms with Gasteiger partial charge in [-0.25, -0.2) is 0 Å². The summed E-state index contributed by atoms with van der Waals surface area (Å²) in [4.78, 5) is 91.3. The molecule has 6 unspecified atom stereocenters. The maximum atomic E-state index is 14.9. The van der Waals surface area contributed by atoms with Gasteiger partial charge in [-0.05, 0) is 105 Å². The second-order valence-corrected chi connectivity index (χ2v) is 22.1. The Hall–Kier alpha value is -4.22. The Morgan fingerprint density at radius 2 is 0.967 bits per heavy atom. The molecule has 11 nitrogen and oxygen atoms in total. The number of carbonyl (C=O) groups is 6. The van der Waals surface area contributed by atoms with Crippen LogP contribution in [-0.4, -0.2) is 91.4 Å². The van der Waals surface area contributed by atoms with Gasteiger partial charge in [0.25, 0.3) is 0 Å². The molecule has 5 fully saturated rings. The summed E-state index contributed by atoms with van der Waals surface area (Å²) in [5.41, 5.74) is -1.63. The van der Waals surface area contributed by atoms with Crippen LogP contribution in [0.15, 0.2) is 60.7 Å². The zero-order chi connectivity index (χ0) is 44.0. The molecule has 5 aliphatic rings. The van der Waals surface area contributed by atoms with Crippen LogP contribution in [0, 0.1) is 23.7 Å². The SMILES string of the molecule is CN1C(=O)C(CC(C)(c2ccccc2)C2CC(=O)N(C3CC(C)(C)NC(C)(C)C3)C2=O)C(C(C)(CC2CC(=O)N(C3CC(C)(C)NC(C)(C)C3)C2=O)c2ccccc2)C1=O. The molecular formula is C49H67N5O6. The fraction of sp³-hybridized carbons (Fsp3) is 0.633. The van der Waals surface area contributed by atoms with Gasteiger partial charge < -0.3 is 10.6 Å². The Morgan fingerprint density at radius 3 is 1.43 bits per heavy atom. The molecule has 2 aromatic rings. The number of piperidine rings is 2. The summed E-state index contributed by atoms with van der Waals surface area (Å²) in [5.74, 6) is -4.84. The van der Waals surface area contributed by atoms with Gasteiger partial charge in [0.15, 0.2) is 0 Å². The summed E-state index contributed by atoms with van der Waals surface area (Å²) in [6.07, 6.45) is 2.83. The average molecular weight is 822 g/mol. The second-order valence-electron chi connectivity index (χ2n) is 22.1. The van der Waals surface area contributed by atoms with Crippen LogP contribution in [0.3, 0.4) is 0 Å². The first-order valence-corrected chi connectivity index (χ1v) is 22.0. The molecule has 0 saturated carbocycles. The molecule has 0 radical (unpaired) electrons. The minimum atomic E-state index is -1.06. The predicted octanol–water partition coefficient (Wildman–Crippen LogP) is 6.28. The van der Waals surface area contributed by atoms with Crippen molar-refractivity contribution >= 4 is 35.4 Å². The van der Waals surface area contributed by atoms with E-state index in [1.54, 1.807) is 0 Å². The molecule has 6 amide bonds. The van der Waals surface area contributed by atoms with Crippen molar-refractivity contribution in [3.05, 3.63) is 71.8 Å². The van der Waals surface area contributed by atoms with Crippen molar-refractivity contribution in [2.45, 2.75) is 166 Å². The summed E-state index contributed by atoms with van der Waals surface area (Å²) in [7, 11) is 1.52. The quantitative estimate of drug-likeness (QED) is 0.268. The van der Waals surface area contributed by atoms with Gasteiger partial charge in [-0.3, -0.25) is 43.5 Å². The average Bonchev–Trinajstić information content (AvgIpc) is 3.67. The second kappa shape index (κ2) is 15.0. The minimum absolute atomic E-state index is 0.000844. The lowest BCUT2D eigenvalue weighted by Crippen LogP contribution is -2.63. The molecule has 5 heterocycles. The van der Waals surface area contributed by atoms with E-state index in [9.17, 15) is 28.8 Å². The van der Waals surface area contributed by atoms with Gasteiger partial charge in [-0.2, -0.15) is 0 Å². The third-order valence-corrected chi connectivity index (χ3v) is 14.8. The zero-order valence-electron chi connectivity index (χ0n) is 37.7. The standard InChI is InChI=1S/C49H67N5O6/c1-44(2)25-33(26-45(3,4)50-44)53-37(55)22-30(40(53)57)24-49(10,32-20-16-13-17-21-32)39-35(41(58)52(11)43(39)60)29-48(9,31-18-14-12-15-19-31)36-23-38(56)54(42(36)59)34-27-46(5,6)51-47(7,8)28-34/h12-21,30,33-36,39,50-51H,22-29H2,1-11H3. The highest BCUT2D eigenvalue weighted by atomic mass is 16.2. The topological polar surface area (TPSA) is 136 Å². The maximum Gasteiger partial charge on any atom is 0.233 e. The highest BCUT2D eigenvalue weighted by molar-refractivity contribution is 6.07. The molecule has 0 spiro atoms. The Balaban J connectivity index is 1.26. The molecule has 6 atom stereocenters. The van der Waals surface area contributed by atoms with Gasteiger partial charge in [-0.1, -0.05) is 74.5 Å². The van der Waals surface area contributed by atoms with Crippen molar-refractivity contribution in [2.24, 2.45) is 23.7 Å². The van der Waals surface area contributed by atoms with Gasteiger partial charge in [0, 0.05) is 70.9 Å². The molecule has 0 bridgehead atoms. The summed E-state index contributed by atoms with van der Waals surface area (Å²) >= 11 is 0. The normalized spacial score (nSPS) is 30.3. The summed E-state index contributed by atoms with van der Waals surface area (Å²) in [5, 5.41) is 7.32. The predicted molar refractivity (Wildman–Crippen MR) is 230 cm³/mol. The van der Waals surface area contributed by atoms with E-state index in [0.29, 0.717) is 25.7 Å². The summed E-state index contributed by atoms with van der Waals surface area (Å²) in [6, 6.07) is 18.6. The number of hydrogen-bond acceptors (Lipinski definition) is 8. The molecule has 5 saturated heterocycles. The third kappa shape index (κ3) is 7.89. The fourth-order valence-electron chi connectivity index (χ4n) is 13.0. The highest BCUT2D eigenvalue weighted by Crippen LogP contribution is 2.53. The van der Waals surface area contributed by atoms with E-state index in [1.807, 2.05) is 74.5 Å². The van der Waals surface area contributed by atoms with E-state index >= 15 is 0 Å². The molecule has 0 aromatic heterocycles. The Kier molecular flexibility index (Phi) is 11.0. The number of amides is 6. The van der Waals surface area contributed by atoms with Crippen LogP contribution in [-0.2, 0) is 39.6 Å². The van der Waals surface area contributed by atoms with Crippen LogP contribution in [0.2, 0.25) is 0 Å². The Labute approximate surface area is 356 Å². The fourth-order valence-corrected chi connectivity index (χ4v) is 13.0. The number of rotatable bonds is 10. The van der Waals surface area contributed by atoms with Crippen molar-refractivity contribution in [1.29, 1.82) is 0 Å². The number of nitrogens with zero attached hydrogens (tertiary/aromatic N) is 3. The number of benzene rings is 2. The van der Waals surface area contributed by atoms with E-state index in [4.69, 9.17) is 0 Å². The van der Waals surface area contributed by atoms with E-state index < -0.39 is 34.5 Å². The van der Waals surface area contributed by atoms with Gasteiger partial charge in [-0.15, -0.1) is 0 Å². The smallest absolute Gasteiger partial charge is 0.233 e. The largest absolute Gasteiger partial charge is 0.307 e. The van der Waals surface area contributed by atoms with Crippen LogP contribution in [0.1, 0.15) is 132 Å². The number of carbonyl (C=O) groups excluding carboxylic acids is 6. The molecule has 7 rings (SSSR count). The first kappa shape index (κ1) is 43.9. The third-order valence-electron chi connectivity index (χ3n) is 14.8. The van der Waals surface area contributed by atoms with Gasteiger partial charge >= 0.3 is 0 Å². The minimum Gasteiger partial charge on any atom is -0.307 e. The molecule has 324 valence electrons. The molecule has 60 heavy (non-hydrogen) atoms. The molecule has 5 aliphatic heterocycles. The first-order chi connectivity index (χ1) is 27.8. The molecular weight excluding hydrogens is 755 g/mol. The van der Waals surface area contributed by atoms with Crippen molar-refractivity contribution in [2.75, 3.05) is 7.05 Å². The number of nitrogens with one attached hydrogen (secondary N) is 2. The van der Waals surface area contributed by atoms with Crippen LogP contribution in [0.25, 0.3) is 0 Å². The van der Waals surface area contributed by atoms with Crippen LogP contribution in [0.4, 0.5) is 0 Å². The Morgan fingerprint density at radius 1 is 0.550 bits per heavy atom. The maximum absolute atomic E-state index is 14.9. The van der Waals surface area contributed by atoms with Crippen molar-refractivity contribution in [3.63, 3.8) is 0 Å². The highest BCUT2D eigenvalue weighted by Gasteiger charge is 2.61. The first-order valence-electron chi connectivity index (χ1n) is 22.0. The van der Waals surface area contributed by atoms with Crippen molar-refractivity contribution in [3.8, 4) is 0 Å². The lowest BCUT2D eigenvalue weighted by atomic mass is 9.58. The zero-order valence-corrected chi connectivity index (χ0v) is 37.7. The van der Waals surface area contributed by atoms with E-state index in [2.05, 4.69) is 66.0 Å². The Bertz CT molecular complexity index is 2030. The number of likely N-dealkylation sites (tertiary alicyclic amines) is 3. The monoisotopic (exact) mass is 822 g/mol. The molecule has 2 aromatic carbocycles. The lowest BCUT2D eigenvalue weighted by Gasteiger charge is -2.48. The summed E-state index contributed by atoms with van der Waals surface area (Å²) in [6.45, 7) is 20.7. The van der Waals surface area contributed by atoms with Gasteiger partial charge in [0.05, 0.1) is 17.8 Å². The van der Waals surface area contributed by atoms with E-state index in [1.165, 1.54) is 21.7 Å².